The maximum absolute atomic E-state index is 12.1. The number of rotatable bonds is 3. The Hall–Kier alpha value is -1.72. The molecule has 1 heterocycles. The maximum Gasteiger partial charge on any atom is 0.244 e. The van der Waals surface area contributed by atoms with Crippen LogP contribution in [0.5, 0.6) is 5.75 Å². The second-order valence-corrected chi connectivity index (χ2v) is 7.11. The van der Waals surface area contributed by atoms with Gasteiger partial charge < -0.3 is 4.74 Å². The van der Waals surface area contributed by atoms with Gasteiger partial charge in [-0.25, -0.2) is 4.99 Å². The third-order valence-corrected chi connectivity index (χ3v) is 5.19. The van der Waals surface area contributed by atoms with E-state index in [0.717, 1.165) is 32.2 Å². The standard InChI is InChI=1S/C17H15NO2S2/c1-3-21-17-18-14(16(19)22-17)10-11-8-9-15(20-2)13-7-5-4-6-12(11)13/h4-10H,3H2,1-2H3/b14-10-. The highest BCUT2D eigenvalue weighted by atomic mass is 32.2. The number of hydrogen-bond acceptors (Lipinski definition) is 5. The summed E-state index contributed by atoms with van der Waals surface area (Å²) in [7, 11) is 1.66. The van der Waals surface area contributed by atoms with Crippen molar-refractivity contribution in [2.75, 3.05) is 12.9 Å². The molecule has 0 atom stereocenters. The summed E-state index contributed by atoms with van der Waals surface area (Å²) in [5.74, 6) is 1.74. The first-order valence-electron chi connectivity index (χ1n) is 6.94. The number of ether oxygens (including phenoxy) is 1. The van der Waals surface area contributed by atoms with Crippen LogP contribution in [0.2, 0.25) is 0 Å². The van der Waals surface area contributed by atoms with Crippen molar-refractivity contribution in [1.29, 1.82) is 0 Å². The van der Waals surface area contributed by atoms with Crippen LogP contribution in [-0.4, -0.2) is 22.4 Å². The number of hydrogen-bond donors (Lipinski definition) is 0. The fraction of sp³-hybridized carbons (Fsp3) is 0.176. The molecule has 0 fully saturated rings. The van der Waals surface area contributed by atoms with Gasteiger partial charge >= 0.3 is 0 Å². The highest BCUT2D eigenvalue weighted by Crippen LogP contribution is 2.33. The molecule has 3 rings (SSSR count). The molecule has 0 N–H and O–H groups in total. The zero-order valence-electron chi connectivity index (χ0n) is 12.3. The molecule has 3 nitrogen and oxygen atoms in total. The average molecular weight is 329 g/mol. The Morgan fingerprint density at radius 3 is 2.73 bits per heavy atom. The summed E-state index contributed by atoms with van der Waals surface area (Å²) in [4.78, 5) is 16.5. The summed E-state index contributed by atoms with van der Waals surface area (Å²) in [5.41, 5.74) is 1.49. The minimum Gasteiger partial charge on any atom is -0.496 e. The number of carbonyl (C=O) groups is 1. The maximum atomic E-state index is 12.1. The number of methoxy groups -OCH3 is 1. The summed E-state index contributed by atoms with van der Waals surface area (Å²) in [6.07, 6.45) is 1.86. The van der Waals surface area contributed by atoms with Crippen molar-refractivity contribution in [2.45, 2.75) is 6.92 Å². The molecule has 0 radical (unpaired) electrons. The van der Waals surface area contributed by atoms with Gasteiger partial charge in [-0.1, -0.05) is 49.0 Å². The molecule has 1 aliphatic heterocycles. The molecular formula is C17H15NO2S2. The van der Waals surface area contributed by atoms with Crippen molar-refractivity contribution in [3.63, 3.8) is 0 Å². The first-order chi connectivity index (χ1) is 10.7. The van der Waals surface area contributed by atoms with Gasteiger partial charge in [0, 0.05) is 5.39 Å². The molecule has 0 unspecified atom stereocenters. The first kappa shape index (κ1) is 15.2. The van der Waals surface area contributed by atoms with E-state index in [2.05, 4.69) is 11.9 Å². The number of carbonyl (C=O) groups excluding carboxylic acids is 1. The quantitative estimate of drug-likeness (QED) is 0.773. The van der Waals surface area contributed by atoms with E-state index < -0.39 is 0 Å². The van der Waals surface area contributed by atoms with Crippen molar-refractivity contribution in [2.24, 2.45) is 4.99 Å². The van der Waals surface area contributed by atoms with E-state index in [9.17, 15) is 4.79 Å². The monoisotopic (exact) mass is 329 g/mol. The van der Waals surface area contributed by atoms with Gasteiger partial charge in [-0.15, -0.1) is 0 Å². The molecule has 0 amide bonds. The van der Waals surface area contributed by atoms with Crippen LogP contribution in [0.1, 0.15) is 12.5 Å². The molecule has 0 aliphatic carbocycles. The molecule has 1 aliphatic rings. The molecule has 22 heavy (non-hydrogen) atoms. The van der Waals surface area contributed by atoms with Gasteiger partial charge in [-0.05, 0) is 40.6 Å². The van der Waals surface area contributed by atoms with Crippen molar-refractivity contribution < 1.29 is 9.53 Å². The van der Waals surface area contributed by atoms with Gasteiger partial charge in [0.1, 0.15) is 15.8 Å². The Morgan fingerprint density at radius 1 is 1.23 bits per heavy atom. The largest absolute Gasteiger partial charge is 0.496 e. The Balaban J connectivity index is 2.08. The van der Waals surface area contributed by atoms with Crippen LogP contribution in [-0.2, 0) is 4.79 Å². The lowest BCUT2D eigenvalue weighted by Gasteiger charge is -2.08. The molecule has 112 valence electrons. The second-order valence-electron chi connectivity index (χ2n) is 4.63. The zero-order valence-corrected chi connectivity index (χ0v) is 14.0. The van der Waals surface area contributed by atoms with E-state index in [1.165, 1.54) is 11.8 Å². The van der Waals surface area contributed by atoms with Gasteiger partial charge in [0.2, 0.25) is 5.12 Å². The Bertz CT molecular complexity index is 796. The van der Waals surface area contributed by atoms with E-state index in [-0.39, 0.29) is 5.12 Å². The summed E-state index contributed by atoms with van der Waals surface area (Å²) < 4.78 is 6.23. The number of nitrogens with zero attached hydrogens (tertiary/aromatic N) is 1. The van der Waals surface area contributed by atoms with Gasteiger partial charge in [0.05, 0.1) is 7.11 Å². The summed E-state index contributed by atoms with van der Waals surface area (Å²) in [5, 5.41) is 2.10. The van der Waals surface area contributed by atoms with E-state index in [1.54, 1.807) is 18.9 Å². The van der Waals surface area contributed by atoms with Crippen molar-refractivity contribution in [1.82, 2.24) is 0 Å². The summed E-state index contributed by atoms with van der Waals surface area (Å²) in [6, 6.07) is 11.9. The molecule has 2 aromatic rings. The Labute approximate surface area is 137 Å². The Kier molecular flexibility index (Phi) is 4.55. The number of thioether (sulfide) groups is 2. The second kappa shape index (κ2) is 6.58. The Morgan fingerprint density at radius 2 is 2.00 bits per heavy atom. The summed E-state index contributed by atoms with van der Waals surface area (Å²) >= 11 is 2.81. The van der Waals surface area contributed by atoms with Gasteiger partial charge in [-0.2, -0.15) is 0 Å². The van der Waals surface area contributed by atoms with E-state index in [4.69, 9.17) is 4.74 Å². The highest BCUT2D eigenvalue weighted by molar-refractivity contribution is 8.45. The highest BCUT2D eigenvalue weighted by Gasteiger charge is 2.22. The molecule has 0 saturated carbocycles. The predicted octanol–water partition coefficient (Wildman–Crippen LogP) is 4.57. The number of aliphatic imine (C=N–C) groups is 1. The summed E-state index contributed by atoms with van der Waals surface area (Å²) in [6.45, 7) is 2.05. The fourth-order valence-corrected chi connectivity index (χ4v) is 4.06. The molecule has 5 heteroatoms. The zero-order chi connectivity index (χ0) is 15.5. The van der Waals surface area contributed by atoms with E-state index in [1.807, 2.05) is 42.5 Å². The molecule has 2 aromatic carbocycles. The third kappa shape index (κ3) is 2.91. The minimum atomic E-state index is 0.0100. The van der Waals surface area contributed by atoms with Crippen molar-refractivity contribution in [3.05, 3.63) is 47.7 Å². The van der Waals surface area contributed by atoms with Crippen LogP contribution in [0.25, 0.3) is 16.8 Å². The number of fused-ring (bicyclic) bond motifs is 1. The topological polar surface area (TPSA) is 38.7 Å². The lowest BCUT2D eigenvalue weighted by atomic mass is 10.0. The smallest absolute Gasteiger partial charge is 0.244 e. The molecule has 0 aromatic heterocycles. The average Bonchev–Trinajstić information content (AvgIpc) is 2.88. The molecular weight excluding hydrogens is 314 g/mol. The van der Waals surface area contributed by atoms with E-state index in [0.29, 0.717) is 5.70 Å². The van der Waals surface area contributed by atoms with E-state index >= 15 is 0 Å². The van der Waals surface area contributed by atoms with Gasteiger partial charge in [-0.3, -0.25) is 4.79 Å². The number of benzene rings is 2. The molecule has 0 spiro atoms. The van der Waals surface area contributed by atoms with Crippen molar-refractivity contribution in [3.8, 4) is 5.75 Å². The third-order valence-electron chi connectivity index (χ3n) is 3.30. The molecule has 0 bridgehead atoms. The normalized spacial score (nSPS) is 16.4. The lowest BCUT2D eigenvalue weighted by molar-refractivity contribution is -0.107. The van der Waals surface area contributed by atoms with Crippen LogP contribution in [0.3, 0.4) is 0 Å². The first-order valence-corrected chi connectivity index (χ1v) is 8.74. The SMILES string of the molecule is CCSC1=N/C(=C\c2ccc(OC)c3ccccc23)C(=O)S1. The molecule has 0 saturated heterocycles. The predicted molar refractivity (Wildman–Crippen MR) is 96.6 cm³/mol. The van der Waals surface area contributed by atoms with Gasteiger partial charge in [0.25, 0.3) is 0 Å². The van der Waals surface area contributed by atoms with Gasteiger partial charge in [0.15, 0.2) is 0 Å². The van der Waals surface area contributed by atoms with Crippen LogP contribution in [0, 0.1) is 0 Å². The lowest BCUT2D eigenvalue weighted by Crippen LogP contribution is -1.90. The minimum absolute atomic E-state index is 0.0100. The van der Waals surface area contributed by atoms with Crippen LogP contribution < -0.4 is 4.74 Å². The van der Waals surface area contributed by atoms with Crippen LogP contribution in [0.15, 0.2) is 47.1 Å². The fourth-order valence-electron chi connectivity index (χ4n) is 2.32. The van der Waals surface area contributed by atoms with Crippen molar-refractivity contribution >= 4 is 49.9 Å². The van der Waals surface area contributed by atoms with Crippen LogP contribution in [0.4, 0.5) is 0 Å². The van der Waals surface area contributed by atoms with Crippen LogP contribution >= 0.6 is 23.5 Å².